The summed E-state index contributed by atoms with van der Waals surface area (Å²) in [6, 6.07) is 6.12. The number of anilines is 1. The zero-order valence-corrected chi connectivity index (χ0v) is 12.1. The fraction of sp³-hybridized carbons (Fsp3) is 0.462. The Labute approximate surface area is 118 Å². The van der Waals surface area contributed by atoms with Crippen LogP contribution in [0.4, 0.5) is 5.69 Å². The van der Waals surface area contributed by atoms with E-state index >= 15 is 0 Å². The first-order chi connectivity index (χ1) is 9.53. The molecule has 1 amide bonds. The first-order valence-corrected chi connectivity index (χ1v) is 7.91. The summed E-state index contributed by atoms with van der Waals surface area (Å²) < 4.78 is 31.0. The third kappa shape index (κ3) is 4.03. The summed E-state index contributed by atoms with van der Waals surface area (Å²) in [7, 11) is -2.02. The predicted octanol–water partition coefficient (Wildman–Crippen LogP) is 0.960. The summed E-state index contributed by atoms with van der Waals surface area (Å²) in [4.78, 5) is 11.7. The second kappa shape index (κ2) is 6.34. The molecular weight excluding hydrogens is 280 g/mol. The highest BCUT2D eigenvalue weighted by Crippen LogP contribution is 2.30. The van der Waals surface area contributed by atoms with Crippen LogP contribution in [-0.2, 0) is 19.6 Å². The fourth-order valence-electron chi connectivity index (χ4n) is 1.67. The van der Waals surface area contributed by atoms with Gasteiger partial charge in [-0.05, 0) is 37.1 Å². The number of benzene rings is 1. The first-order valence-electron chi connectivity index (χ1n) is 6.42. The van der Waals surface area contributed by atoms with Crippen LogP contribution in [0, 0.1) is 5.92 Å². The first kappa shape index (κ1) is 15.0. The van der Waals surface area contributed by atoms with Crippen molar-refractivity contribution in [3.05, 3.63) is 24.3 Å². The monoisotopic (exact) mass is 298 g/mol. The van der Waals surface area contributed by atoms with Gasteiger partial charge < -0.3 is 10.1 Å². The van der Waals surface area contributed by atoms with Gasteiger partial charge in [-0.2, -0.15) is 0 Å². The second-order valence-electron chi connectivity index (χ2n) is 4.68. The van der Waals surface area contributed by atoms with Crippen LogP contribution in [0.5, 0.6) is 0 Å². The Morgan fingerprint density at radius 3 is 2.50 bits per heavy atom. The van der Waals surface area contributed by atoms with Crippen LogP contribution < -0.4 is 10.0 Å². The lowest BCUT2D eigenvalue weighted by molar-refractivity contribution is -0.117. The molecule has 0 unspecified atom stereocenters. The molecule has 1 aromatic carbocycles. The number of ether oxygens (including phenoxy) is 1. The molecule has 2 N–H and O–H groups in total. The van der Waals surface area contributed by atoms with Crippen molar-refractivity contribution in [1.29, 1.82) is 0 Å². The Bertz CT molecular complexity index is 565. The van der Waals surface area contributed by atoms with Gasteiger partial charge in [-0.15, -0.1) is 0 Å². The molecule has 2 rings (SSSR count). The van der Waals surface area contributed by atoms with Gasteiger partial charge in [0.05, 0.1) is 11.5 Å². The van der Waals surface area contributed by atoms with E-state index in [2.05, 4.69) is 10.0 Å². The Kier molecular flexibility index (Phi) is 4.74. The minimum Gasteiger partial charge on any atom is -0.383 e. The number of methoxy groups -OCH3 is 1. The van der Waals surface area contributed by atoms with E-state index in [9.17, 15) is 13.2 Å². The quantitative estimate of drug-likeness (QED) is 0.734. The van der Waals surface area contributed by atoms with Gasteiger partial charge >= 0.3 is 0 Å². The number of amides is 1. The number of hydrogen-bond donors (Lipinski definition) is 2. The highest BCUT2D eigenvalue weighted by molar-refractivity contribution is 7.89. The van der Waals surface area contributed by atoms with Crippen molar-refractivity contribution >= 4 is 21.6 Å². The fourth-order valence-corrected chi connectivity index (χ4v) is 2.68. The van der Waals surface area contributed by atoms with Crippen molar-refractivity contribution in [3.63, 3.8) is 0 Å². The minimum atomic E-state index is -3.52. The number of carbonyl (C=O) groups excluding carboxylic acids is 1. The number of nitrogens with one attached hydrogen (secondary N) is 2. The van der Waals surface area contributed by atoms with Crippen LogP contribution in [0.15, 0.2) is 29.2 Å². The van der Waals surface area contributed by atoms with E-state index in [1.165, 1.54) is 19.2 Å². The van der Waals surface area contributed by atoms with Crippen molar-refractivity contribution in [2.45, 2.75) is 17.7 Å². The molecule has 0 radical (unpaired) electrons. The predicted molar refractivity (Wildman–Crippen MR) is 74.9 cm³/mol. The van der Waals surface area contributed by atoms with Crippen molar-refractivity contribution in [2.75, 3.05) is 25.6 Å². The molecular formula is C13H18N2O4S. The number of rotatable bonds is 7. The Morgan fingerprint density at radius 2 is 1.95 bits per heavy atom. The summed E-state index contributed by atoms with van der Waals surface area (Å²) in [6.45, 7) is 0.535. The van der Waals surface area contributed by atoms with Crippen LogP contribution in [0.3, 0.4) is 0 Å². The van der Waals surface area contributed by atoms with Crippen LogP contribution in [0.2, 0.25) is 0 Å². The zero-order valence-electron chi connectivity index (χ0n) is 11.3. The van der Waals surface area contributed by atoms with Crippen LogP contribution in [0.25, 0.3) is 0 Å². The van der Waals surface area contributed by atoms with Gasteiger partial charge in [0.25, 0.3) is 0 Å². The summed E-state index contributed by atoms with van der Waals surface area (Å²) in [5.41, 5.74) is 0.609. The molecule has 0 spiro atoms. The number of carbonyl (C=O) groups is 1. The largest absolute Gasteiger partial charge is 0.383 e. The third-order valence-corrected chi connectivity index (χ3v) is 4.46. The standard InChI is InChI=1S/C13H18N2O4S/c1-19-9-8-14-20(17,18)12-6-4-11(5-7-12)15-13(16)10-2-3-10/h4-7,10,14H,2-3,8-9H2,1H3,(H,15,16). The summed E-state index contributed by atoms with van der Waals surface area (Å²) in [5.74, 6) is 0.118. The van der Waals surface area contributed by atoms with Crippen molar-refractivity contribution in [3.8, 4) is 0 Å². The molecule has 1 fully saturated rings. The van der Waals surface area contributed by atoms with Gasteiger partial charge in [0.1, 0.15) is 0 Å². The average Bonchev–Trinajstić information content (AvgIpc) is 3.24. The normalized spacial score (nSPS) is 15.1. The van der Waals surface area contributed by atoms with E-state index in [4.69, 9.17) is 4.74 Å². The molecule has 1 aliphatic carbocycles. The van der Waals surface area contributed by atoms with E-state index in [0.717, 1.165) is 12.8 Å². The molecule has 7 heteroatoms. The molecule has 110 valence electrons. The Balaban J connectivity index is 1.97. The van der Waals surface area contributed by atoms with Crippen LogP contribution in [0.1, 0.15) is 12.8 Å². The molecule has 1 aliphatic rings. The third-order valence-electron chi connectivity index (χ3n) is 2.98. The van der Waals surface area contributed by atoms with E-state index in [-0.39, 0.29) is 23.3 Å². The van der Waals surface area contributed by atoms with E-state index in [0.29, 0.717) is 12.3 Å². The van der Waals surface area contributed by atoms with Crippen molar-refractivity contribution < 1.29 is 17.9 Å². The Morgan fingerprint density at radius 1 is 1.30 bits per heavy atom. The molecule has 0 aliphatic heterocycles. The molecule has 1 saturated carbocycles. The molecule has 0 heterocycles. The summed E-state index contributed by atoms with van der Waals surface area (Å²) >= 11 is 0. The van der Waals surface area contributed by atoms with Gasteiger partial charge in [-0.1, -0.05) is 0 Å². The lowest BCUT2D eigenvalue weighted by Gasteiger charge is -2.08. The lowest BCUT2D eigenvalue weighted by atomic mass is 10.3. The van der Waals surface area contributed by atoms with Gasteiger partial charge in [0.2, 0.25) is 15.9 Å². The maximum Gasteiger partial charge on any atom is 0.240 e. The van der Waals surface area contributed by atoms with Gasteiger partial charge in [-0.3, -0.25) is 4.79 Å². The van der Waals surface area contributed by atoms with Crippen LogP contribution in [-0.4, -0.2) is 34.6 Å². The summed E-state index contributed by atoms with van der Waals surface area (Å²) in [6.07, 6.45) is 1.86. The molecule has 0 saturated heterocycles. The van der Waals surface area contributed by atoms with Gasteiger partial charge in [0.15, 0.2) is 0 Å². The average molecular weight is 298 g/mol. The maximum absolute atomic E-state index is 11.9. The van der Waals surface area contributed by atoms with Gasteiger partial charge in [-0.25, -0.2) is 13.1 Å². The summed E-state index contributed by atoms with van der Waals surface area (Å²) in [5, 5.41) is 2.76. The second-order valence-corrected chi connectivity index (χ2v) is 6.45. The SMILES string of the molecule is COCCNS(=O)(=O)c1ccc(NC(=O)C2CC2)cc1. The zero-order chi connectivity index (χ0) is 14.6. The number of sulfonamides is 1. The van der Waals surface area contributed by atoms with Crippen molar-refractivity contribution in [2.24, 2.45) is 5.92 Å². The minimum absolute atomic E-state index is 0.00109. The molecule has 20 heavy (non-hydrogen) atoms. The molecule has 0 bridgehead atoms. The van der Waals surface area contributed by atoms with E-state index in [1.807, 2.05) is 0 Å². The smallest absolute Gasteiger partial charge is 0.240 e. The molecule has 0 atom stereocenters. The maximum atomic E-state index is 11.9. The molecule has 6 nitrogen and oxygen atoms in total. The highest BCUT2D eigenvalue weighted by Gasteiger charge is 2.29. The molecule has 1 aromatic rings. The highest BCUT2D eigenvalue weighted by atomic mass is 32.2. The molecule has 0 aromatic heterocycles. The van der Waals surface area contributed by atoms with Crippen LogP contribution >= 0.6 is 0 Å². The van der Waals surface area contributed by atoms with Crippen molar-refractivity contribution in [1.82, 2.24) is 4.72 Å². The van der Waals surface area contributed by atoms with E-state index < -0.39 is 10.0 Å². The Hall–Kier alpha value is -1.44. The van der Waals surface area contributed by atoms with E-state index in [1.54, 1.807) is 12.1 Å². The van der Waals surface area contributed by atoms with Gasteiger partial charge in [0, 0.05) is 25.3 Å². The lowest BCUT2D eigenvalue weighted by Crippen LogP contribution is -2.27. The topological polar surface area (TPSA) is 84.5 Å². The number of hydrogen-bond acceptors (Lipinski definition) is 4.